The number of piperidine rings is 1. The quantitative estimate of drug-likeness (QED) is 0.495. The average molecular weight is 489 g/mol. The van der Waals surface area contributed by atoms with E-state index in [-0.39, 0.29) is 23.8 Å². The zero-order valence-corrected chi connectivity index (χ0v) is 19.7. The van der Waals surface area contributed by atoms with Crippen molar-refractivity contribution in [1.82, 2.24) is 10.2 Å². The van der Waals surface area contributed by atoms with Gasteiger partial charge in [-0.15, -0.1) is 0 Å². The predicted molar refractivity (Wildman–Crippen MR) is 133 cm³/mol. The van der Waals surface area contributed by atoms with Crippen LogP contribution in [0, 0.1) is 5.92 Å². The van der Waals surface area contributed by atoms with Crippen molar-refractivity contribution in [2.24, 2.45) is 5.92 Å². The largest absolute Gasteiger partial charge is 0.335 e. The lowest BCUT2D eigenvalue weighted by molar-refractivity contribution is -0.139. The van der Waals surface area contributed by atoms with Gasteiger partial charge in [0.15, 0.2) is 0 Å². The summed E-state index contributed by atoms with van der Waals surface area (Å²) in [5.74, 6) is 0.928. The van der Waals surface area contributed by atoms with Crippen molar-refractivity contribution >= 4 is 21.8 Å². The smallest absolute Gasteiger partial charge is 0.228 e. The minimum Gasteiger partial charge on any atom is -0.335 e. The summed E-state index contributed by atoms with van der Waals surface area (Å²) in [4.78, 5) is 16.2. The fourth-order valence-electron chi connectivity index (χ4n) is 5.50. The van der Waals surface area contributed by atoms with Gasteiger partial charge in [0, 0.05) is 30.0 Å². The van der Waals surface area contributed by atoms with Crippen LogP contribution in [0.4, 0.5) is 0 Å². The summed E-state index contributed by atoms with van der Waals surface area (Å²) in [6.07, 6.45) is 1.98. The van der Waals surface area contributed by atoms with Gasteiger partial charge in [0.2, 0.25) is 5.91 Å². The van der Waals surface area contributed by atoms with E-state index in [2.05, 4.69) is 105 Å². The number of nitrogens with zero attached hydrogens (tertiary/aromatic N) is 1. The molecule has 5 rings (SSSR count). The Morgan fingerprint density at radius 2 is 1.50 bits per heavy atom. The highest BCUT2D eigenvalue weighted by molar-refractivity contribution is 9.10. The summed E-state index contributed by atoms with van der Waals surface area (Å²) in [7, 11) is 0. The Morgan fingerprint density at radius 3 is 2.22 bits per heavy atom. The van der Waals surface area contributed by atoms with Gasteiger partial charge in [-0.2, -0.15) is 0 Å². The zero-order valence-electron chi connectivity index (χ0n) is 18.2. The molecule has 164 valence electrons. The van der Waals surface area contributed by atoms with E-state index in [1.165, 1.54) is 16.7 Å². The number of amides is 1. The molecule has 0 spiro atoms. The van der Waals surface area contributed by atoms with Crippen molar-refractivity contribution in [3.8, 4) is 0 Å². The fraction of sp³-hybridized carbons (Fsp3) is 0.321. The number of benzene rings is 3. The first-order valence-corrected chi connectivity index (χ1v) is 12.4. The Morgan fingerprint density at radius 1 is 0.844 bits per heavy atom. The molecule has 2 aliphatic heterocycles. The van der Waals surface area contributed by atoms with E-state index in [1.807, 2.05) is 6.07 Å². The Balaban J connectivity index is 1.43. The van der Waals surface area contributed by atoms with Crippen LogP contribution in [0.3, 0.4) is 0 Å². The summed E-state index contributed by atoms with van der Waals surface area (Å²) in [5.41, 5.74) is 3.85. The standard InChI is InChI=1S/C28H29BrN2O/c29-26-14-8-7-13-23(26)24-18-30-19-25(24)28(32)31-16-15-22(20-9-3-1-4-10-20)17-27(31)21-11-5-2-6-12-21/h1-14,22,24-25,27,30H,15-19H2/t22-,24+,25-,27+/m1/s1. The number of rotatable bonds is 4. The lowest BCUT2D eigenvalue weighted by Gasteiger charge is -2.42. The molecule has 2 heterocycles. The second-order valence-corrected chi connectivity index (χ2v) is 9.84. The van der Waals surface area contributed by atoms with Crippen molar-refractivity contribution in [3.63, 3.8) is 0 Å². The summed E-state index contributed by atoms with van der Waals surface area (Å²) in [6.45, 7) is 2.39. The highest BCUT2D eigenvalue weighted by atomic mass is 79.9. The molecule has 0 bridgehead atoms. The number of halogens is 1. The molecule has 3 aromatic carbocycles. The topological polar surface area (TPSA) is 32.3 Å². The fourth-order valence-corrected chi connectivity index (χ4v) is 6.08. The molecule has 1 amide bonds. The minimum absolute atomic E-state index is 0.0341. The summed E-state index contributed by atoms with van der Waals surface area (Å²) < 4.78 is 1.09. The molecule has 4 atom stereocenters. The molecular formula is C28H29BrN2O. The first-order valence-electron chi connectivity index (χ1n) is 11.6. The van der Waals surface area contributed by atoms with E-state index in [9.17, 15) is 4.79 Å². The number of carbonyl (C=O) groups excluding carboxylic acids is 1. The second kappa shape index (κ2) is 9.60. The number of hydrogen-bond acceptors (Lipinski definition) is 2. The van der Waals surface area contributed by atoms with Gasteiger partial charge in [-0.05, 0) is 41.5 Å². The first kappa shape index (κ1) is 21.4. The van der Waals surface area contributed by atoms with Gasteiger partial charge in [0.1, 0.15) is 0 Å². The van der Waals surface area contributed by atoms with Gasteiger partial charge in [-0.1, -0.05) is 94.8 Å². The molecule has 0 saturated carbocycles. The maximum atomic E-state index is 14.0. The van der Waals surface area contributed by atoms with Crippen LogP contribution in [0.25, 0.3) is 0 Å². The minimum atomic E-state index is -0.0341. The molecule has 0 aliphatic carbocycles. The molecule has 0 radical (unpaired) electrons. The Labute approximate surface area is 199 Å². The summed E-state index contributed by atoms with van der Waals surface area (Å²) in [6, 6.07) is 29.8. The van der Waals surface area contributed by atoms with Crippen molar-refractivity contribution in [2.45, 2.75) is 30.7 Å². The lowest BCUT2D eigenvalue weighted by atomic mass is 9.81. The average Bonchev–Trinajstić information content (AvgIpc) is 3.34. The molecule has 4 heteroatoms. The third-order valence-corrected chi connectivity index (χ3v) is 7.90. The number of nitrogens with one attached hydrogen (secondary N) is 1. The highest BCUT2D eigenvalue weighted by Gasteiger charge is 2.41. The van der Waals surface area contributed by atoms with Crippen LogP contribution in [0.5, 0.6) is 0 Å². The van der Waals surface area contributed by atoms with Crippen LogP contribution in [0.2, 0.25) is 0 Å². The maximum absolute atomic E-state index is 14.0. The molecule has 0 aromatic heterocycles. The third kappa shape index (κ3) is 4.26. The van der Waals surface area contributed by atoms with Crippen LogP contribution < -0.4 is 5.32 Å². The van der Waals surface area contributed by atoms with Crippen molar-refractivity contribution in [3.05, 3.63) is 106 Å². The monoisotopic (exact) mass is 488 g/mol. The van der Waals surface area contributed by atoms with Gasteiger partial charge in [0.05, 0.1) is 12.0 Å². The highest BCUT2D eigenvalue weighted by Crippen LogP contribution is 2.42. The number of likely N-dealkylation sites (tertiary alicyclic amines) is 1. The number of carbonyl (C=O) groups is 1. The molecule has 0 unspecified atom stereocenters. The van der Waals surface area contributed by atoms with Crippen molar-refractivity contribution in [1.29, 1.82) is 0 Å². The van der Waals surface area contributed by atoms with E-state index < -0.39 is 0 Å². The molecule has 2 aliphatic rings. The van der Waals surface area contributed by atoms with Crippen LogP contribution in [0.15, 0.2) is 89.4 Å². The molecule has 3 nitrogen and oxygen atoms in total. The molecule has 1 N–H and O–H groups in total. The molecule has 2 fully saturated rings. The van der Waals surface area contributed by atoms with Gasteiger partial charge < -0.3 is 10.2 Å². The maximum Gasteiger partial charge on any atom is 0.228 e. The predicted octanol–water partition coefficient (Wildman–Crippen LogP) is 5.90. The van der Waals surface area contributed by atoms with Gasteiger partial charge in [0.25, 0.3) is 0 Å². The lowest BCUT2D eigenvalue weighted by Crippen LogP contribution is -2.45. The second-order valence-electron chi connectivity index (χ2n) is 8.98. The third-order valence-electron chi connectivity index (χ3n) is 7.18. The SMILES string of the molecule is O=C([C@@H]1CNC[C@H]1c1ccccc1Br)N1CC[C@@H](c2ccccc2)C[C@H]1c1ccccc1. The first-order chi connectivity index (χ1) is 15.7. The van der Waals surface area contributed by atoms with Gasteiger partial charge >= 0.3 is 0 Å². The van der Waals surface area contributed by atoms with Crippen LogP contribution >= 0.6 is 15.9 Å². The molecule has 32 heavy (non-hydrogen) atoms. The molecule has 3 aromatic rings. The normalized spacial score (nSPS) is 25.6. The van der Waals surface area contributed by atoms with Crippen molar-refractivity contribution < 1.29 is 4.79 Å². The Hall–Kier alpha value is -2.43. The van der Waals surface area contributed by atoms with E-state index in [1.54, 1.807) is 0 Å². The van der Waals surface area contributed by atoms with Crippen LogP contribution in [-0.4, -0.2) is 30.4 Å². The van der Waals surface area contributed by atoms with E-state index in [0.717, 1.165) is 36.9 Å². The van der Waals surface area contributed by atoms with Crippen LogP contribution in [-0.2, 0) is 4.79 Å². The van der Waals surface area contributed by atoms with Gasteiger partial charge in [-0.3, -0.25) is 4.79 Å². The summed E-state index contributed by atoms with van der Waals surface area (Å²) >= 11 is 3.71. The van der Waals surface area contributed by atoms with Crippen molar-refractivity contribution in [2.75, 3.05) is 19.6 Å². The van der Waals surface area contributed by atoms with Gasteiger partial charge in [-0.25, -0.2) is 0 Å². The molecular weight excluding hydrogens is 460 g/mol. The zero-order chi connectivity index (χ0) is 21.9. The molecule has 2 saturated heterocycles. The Kier molecular flexibility index (Phi) is 6.42. The summed E-state index contributed by atoms with van der Waals surface area (Å²) in [5, 5.41) is 3.49. The van der Waals surface area contributed by atoms with E-state index in [0.29, 0.717) is 5.92 Å². The van der Waals surface area contributed by atoms with E-state index >= 15 is 0 Å². The van der Waals surface area contributed by atoms with E-state index in [4.69, 9.17) is 0 Å². The van der Waals surface area contributed by atoms with Crippen LogP contribution in [0.1, 0.15) is 47.4 Å². The number of hydrogen-bond donors (Lipinski definition) is 1. The Bertz CT molecular complexity index is 1060.